The molecule has 0 spiro atoms. The third-order valence-corrected chi connectivity index (χ3v) is 3.66. The fourth-order valence-corrected chi connectivity index (χ4v) is 2.43. The normalized spacial score (nSPS) is 12.0. The van der Waals surface area contributed by atoms with Gasteiger partial charge in [-0.15, -0.1) is 0 Å². The molecule has 2 N–H and O–H groups in total. The zero-order valence-electron chi connectivity index (χ0n) is 10.6. The zero-order valence-corrected chi connectivity index (χ0v) is 12.8. The Labute approximate surface area is 125 Å². The van der Waals surface area contributed by atoms with Crippen LogP contribution in [0.5, 0.6) is 11.8 Å². The molecule has 0 saturated heterocycles. The number of hydrogen-bond donors (Lipinski definition) is 1. The summed E-state index contributed by atoms with van der Waals surface area (Å²) in [5.74, 6) is 0.780. The minimum Gasteiger partial charge on any atom is -0.480 e. The van der Waals surface area contributed by atoms with Crippen LogP contribution in [0.2, 0.25) is 0 Å². The first kappa shape index (κ1) is 14.0. The molecule has 2 aromatic rings. The monoisotopic (exact) mass is 371 g/mol. The minimum absolute atomic E-state index is 0.381. The smallest absolute Gasteiger partial charge is 0.240 e. The lowest BCUT2D eigenvalue weighted by atomic mass is 10.0. The Hall–Kier alpha value is -1.41. The van der Waals surface area contributed by atoms with Crippen molar-refractivity contribution < 1.29 is 9.47 Å². The number of methoxy groups -OCH3 is 2. The molecular weight excluding hydrogens is 357 g/mol. The molecule has 1 heterocycles. The number of nitrogens with zero attached hydrogens (tertiary/aromatic N) is 2. The van der Waals surface area contributed by atoms with Crippen LogP contribution in [-0.4, -0.2) is 24.2 Å². The van der Waals surface area contributed by atoms with Crippen LogP contribution in [0.25, 0.3) is 0 Å². The highest BCUT2D eigenvalue weighted by Crippen LogP contribution is 2.28. The zero-order chi connectivity index (χ0) is 13.8. The van der Waals surface area contributed by atoms with Gasteiger partial charge in [0.1, 0.15) is 5.69 Å². The number of benzene rings is 1. The van der Waals surface area contributed by atoms with Crippen molar-refractivity contribution in [3.8, 4) is 11.8 Å². The molecular formula is C13H14IN3O2. The molecule has 1 aromatic heterocycles. The van der Waals surface area contributed by atoms with Gasteiger partial charge in [-0.3, -0.25) is 0 Å². The number of ether oxygens (including phenoxy) is 2. The molecule has 2 rings (SSSR count). The Kier molecular flexibility index (Phi) is 4.54. The summed E-state index contributed by atoms with van der Waals surface area (Å²) in [4.78, 5) is 8.49. The molecule has 0 bridgehead atoms. The van der Waals surface area contributed by atoms with Gasteiger partial charge in [0.15, 0.2) is 0 Å². The Bertz CT molecular complexity index is 578. The van der Waals surface area contributed by atoms with E-state index in [-0.39, 0.29) is 6.04 Å². The maximum atomic E-state index is 6.26. The molecule has 0 aliphatic heterocycles. The molecule has 0 amide bonds. The van der Waals surface area contributed by atoms with Gasteiger partial charge in [-0.25, -0.2) is 4.98 Å². The van der Waals surface area contributed by atoms with E-state index in [1.54, 1.807) is 0 Å². The van der Waals surface area contributed by atoms with Gasteiger partial charge in [0.05, 0.1) is 26.5 Å². The van der Waals surface area contributed by atoms with E-state index in [4.69, 9.17) is 15.2 Å². The Morgan fingerprint density at radius 1 is 1.21 bits per heavy atom. The number of aromatic nitrogens is 2. The van der Waals surface area contributed by atoms with E-state index in [1.807, 2.05) is 24.3 Å². The van der Waals surface area contributed by atoms with Crippen LogP contribution in [0.1, 0.15) is 17.3 Å². The number of hydrogen-bond acceptors (Lipinski definition) is 5. The summed E-state index contributed by atoms with van der Waals surface area (Å²) >= 11 is 2.25. The molecule has 1 aromatic carbocycles. The first-order valence-corrected chi connectivity index (χ1v) is 6.70. The predicted molar refractivity (Wildman–Crippen MR) is 80.3 cm³/mol. The van der Waals surface area contributed by atoms with Crippen molar-refractivity contribution >= 4 is 22.6 Å². The van der Waals surface area contributed by atoms with Crippen molar-refractivity contribution in [3.05, 3.63) is 45.3 Å². The summed E-state index contributed by atoms with van der Waals surface area (Å²) in [7, 11) is 3.07. The van der Waals surface area contributed by atoms with Crippen molar-refractivity contribution in [1.82, 2.24) is 9.97 Å². The van der Waals surface area contributed by atoms with Crippen molar-refractivity contribution in [2.75, 3.05) is 14.2 Å². The lowest BCUT2D eigenvalue weighted by Crippen LogP contribution is -2.17. The molecule has 1 atom stereocenters. The van der Waals surface area contributed by atoms with Gasteiger partial charge in [0, 0.05) is 3.57 Å². The molecule has 0 aliphatic carbocycles. The Morgan fingerprint density at radius 3 is 2.58 bits per heavy atom. The van der Waals surface area contributed by atoms with Crippen LogP contribution < -0.4 is 15.2 Å². The van der Waals surface area contributed by atoms with E-state index in [0.29, 0.717) is 17.5 Å². The van der Waals surface area contributed by atoms with Crippen LogP contribution in [0.3, 0.4) is 0 Å². The average molecular weight is 371 g/mol. The summed E-state index contributed by atoms with van der Waals surface area (Å²) in [6.45, 7) is 0. The second kappa shape index (κ2) is 6.16. The molecule has 1 unspecified atom stereocenters. The van der Waals surface area contributed by atoms with Gasteiger partial charge in [-0.2, -0.15) is 4.98 Å². The standard InChI is InChI=1S/C13H14IN3O2/c1-18-10-7-16-12(13(17-10)19-2)11(15)8-5-3-4-6-9(8)14/h3-7,11H,15H2,1-2H3. The molecule has 0 aliphatic rings. The topological polar surface area (TPSA) is 70.3 Å². The summed E-state index contributed by atoms with van der Waals surface area (Å²) in [5.41, 5.74) is 7.83. The first-order chi connectivity index (χ1) is 9.17. The molecule has 0 radical (unpaired) electrons. The van der Waals surface area contributed by atoms with Gasteiger partial charge >= 0.3 is 0 Å². The fourth-order valence-electron chi connectivity index (χ4n) is 1.70. The summed E-state index contributed by atoms with van der Waals surface area (Å²) in [6, 6.07) is 7.49. The van der Waals surface area contributed by atoms with Crippen LogP contribution >= 0.6 is 22.6 Å². The van der Waals surface area contributed by atoms with Crippen molar-refractivity contribution in [2.45, 2.75) is 6.04 Å². The number of nitrogens with two attached hydrogens (primary N) is 1. The van der Waals surface area contributed by atoms with Gasteiger partial charge in [0.2, 0.25) is 11.8 Å². The van der Waals surface area contributed by atoms with Crippen molar-refractivity contribution in [2.24, 2.45) is 5.73 Å². The van der Waals surface area contributed by atoms with E-state index in [9.17, 15) is 0 Å². The molecule has 100 valence electrons. The molecule has 19 heavy (non-hydrogen) atoms. The quantitative estimate of drug-likeness (QED) is 0.835. The molecule has 0 fully saturated rings. The highest BCUT2D eigenvalue weighted by Gasteiger charge is 2.19. The second-order valence-electron chi connectivity index (χ2n) is 3.81. The van der Waals surface area contributed by atoms with Gasteiger partial charge in [-0.1, -0.05) is 18.2 Å². The second-order valence-corrected chi connectivity index (χ2v) is 4.97. The third-order valence-electron chi connectivity index (χ3n) is 2.68. The van der Waals surface area contributed by atoms with E-state index in [1.165, 1.54) is 20.4 Å². The number of rotatable bonds is 4. The summed E-state index contributed by atoms with van der Waals surface area (Å²) in [6.07, 6.45) is 1.54. The minimum atomic E-state index is -0.388. The maximum absolute atomic E-state index is 6.26. The molecule has 5 nitrogen and oxygen atoms in total. The van der Waals surface area contributed by atoms with Gasteiger partial charge in [-0.05, 0) is 34.2 Å². The number of halogens is 1. The van der Waals surface area contributed by atoms with E-state index < -0.39 is 0 Å². The summed E-state index contributed by atoms with van der Waals surface area (Å²) < 4.78 is 11.3. The lowest BCUT2D eigenvalue weighted by molar-refractivity contribution is 0.355. The summed E-state index contributed by atoms with van der Waals surface area (Å²) in [5, 5.41) is 0. The van der Waals surface area contributed by atoms with Crippen molar-refractivity contribution in [1.29, 1.82) is 0 Å². The van der Waals surface area contributed by atoms with E-state index >= 15 is 0 Å². The Morgan fingerprint density at radius 2 is 1.95 bits per heavy atom. The van der Waals surface area contributed by atoms with E-state index in [0.717, 1.165) is 9.13 Å². The van der Waals surface area contributed by atoms with Crippen molar-refractivity contribution in [3.63, 3.8) is 0 Å². The van der Waals surface area contributed by atoms with Crippen LogP contribution in [0.15, 0.2) is 30.5 Å². The predicted octanol–water partition coefficient (Wildman–Crippen LogP) is 2.15. The third kappa shape index (κ3) is 2.95. The van der Waals surface area contributed by atoms with Crippen LogP contribution in [0.4, 0.5) is 0 Å². The SMILES string of the molecule is COc1cnc(C(N)c2ccccc2I)c(OC)n1. The van der Waals surface area contributed by atoms with Gasteiger partial charge < -0.3 is 15.2 Å². The Balaban J connectivity index is 2.44. The van der Waals surface area contributed by atoms with Crippen LogP contribution in [0, 0.1) is 3.57 Å². The first-order valence-electron chi connectivity index (χ1n) is 5.62. The largest absolute Gasteiger partial charge is 0.480 e. The van der Waals surface area contributed by atoms with E-state index in [2.05, 4.69) is 32.6 Å². The lowest BCUT2D eigenvalue weighted by Gasteiger charge is -2.15. The fraction of sp³-hybridized carbons (Fsp3) is 0.231. The maximum Gasteiger partial charge on any atom is 0.240 e. The molecule has 6 heteroatoms. The average Bonchev–Trinajstić information content (AvgIpc) is 2.46. The van der Waals surface area contributed by atoms with Gasteiger partial charge in [0.25, 0.3) is 0 Å². The highest BCUT2D eigenvalue weighted by atomic mass is 127. The highest BCUT2D eigenvalue weighted by molar-refractivity contribution is 14.1. The van der Waals surface area contributed by atoms with Crippen LogP contribution in [-0.2, 0) is 0 Å². The molecule has 0 saturated carbocycles.